The Morgan fingerprint density at radius 2 is 1.95 bits per heavy atom. The lowest BCUT2D eigenvalue weighted by molar-refractivity contribution is 0.413. The highest BCUT2D eigenvalue weighted by Crippen LogP contribution is 2.28. The third-order valence-corrected chi connectivity index (χ3v) is 4.65. The smallest absolute Gasteiger partial charge is 0.119 e. The summed E-state index contributed by atoms with van der Waals surface area (Å²) in [4.78, 5) is 0. The van der Waals surface area contributed by atoms with Crippen LogP contribution in [0.1, 0.15) is 24.1 Å². The Hall–Kier alpha value is -0.840. The van der Waals surface area contributed by atoms with E-state index < -0.39 is 0 Å². The first kappa shape index (κ1) is 16.5. The van der Waals surface area contributed by atoms with Crippen LogP contribution in [0.5, 0.6) is 5.75 Å². The van der Waals surface area contributed by atoms with E-state index in [1.165, 1.54) is 11.1 Å². The number of ether oxygens (including phenoxy) is 1. The SMILES string of the molecule is CCNC(Cc1cc(OC)ccc1Br)c1cccc(Br)c1. The molecular weight excluding hydrogens is 394 g/mol. The number of rotatable bonds is 6. The molecule has 2 rings (SSSR count). The summed E-state index contributed by atoms with van der Waals surface area (Å²) in [7, 11) is 1.70. The molecule has 0 aliphatic heterocycles. The lowest BCUT2D eigenvalue weighted by Crippen LogP contribution is -2.23. The number of hydrogen-bond donors (Lipinski definition) is 1. The quantitative estimate of drug-likeness (QED) is 0.711. The Morgan fingerprint density at radius 3 is 2.62 bits per heavy atom. The molecule has 2 nitrogen and oxygen atoms in total. The average Bonchev–Trinajstić information content (AvgIpc) is 2.49. The Morgan fingerprint density at radius 1 is 1.14 bits per heavy atom. The molecule has 2 aromatic carbocycles. The van der Waals surface area contributed by atoms with Crippen molar-refractivity contribution in [3.63, 3.8) is 0 Å². The standard InChI is InChI=1S/C17H19Br2NO/c1-3-20-17(12-5-4-6-14(18)9-12)11-13-10-15(21-2)7-8-16(13)19/h4-10,17,20H,3,11H2,1-2H3. The molecule has 0 heterocycles. The molecule has 4 heteroatoms. The van der Waals surface area contributed by atoms with E-state index in [9.17, 15) is 0 Å². The number of benzene rings is 2. The normalized spacial score (nSPS) is 12.2. The van der Waals surface area contributed by atoms with Crippen LogP contribution in [-0.2, 0) is 6.42 Å². The van der Waals surface area contributed by atoms with Gasteiger partial charge < -0.3 is 10.1 Å². The van der Waals surface area contributed by atoms with Crippen molar-refractivity contribution in [2.24, 2.45) is 0 Å². The summed E-state index contributed by atoms with van der Waals surface area (Å²) >= 11 is 7.18. The van der Waals surface area contributed by atoms with Gasteiger partial charge in [-0.05, 0) is 54.4 Å². The Balaban J connectivity index is 2.28. The molecule has 2 aromatic rings. The second-order valence-corrected chi connectivity index (χ2v) is 6.60. The van der Waals surface area contributed by atoms with E-state index in [1.807, 2.05) is 18.2 Å². The van der Waals surface area contributed by atoms with Gasteiger partial charge in [0, 0.05) is 15.0 Å². The number of likely N-dealkylation sites (N-methyl/N-ethyl adjacent to an activating group) is 1. The highest BCUT2D eigenvalue weighted by molar-refractivity contribution is 9.10. The van der Waals surface area contributed by atoms with E-state index in [4.69, 9.17) is 4.74 Å². The largest absolute Gasteiger partial charge is 0.497 e. The summed E-state index contributed by atoms with van der Waals surface area (Å²) in [6.07, 6.45) is 0.905. The number of methoxy groups -OCH3 is 1. The van der Waals surface area contributed by atoms with Crippen molar-refractivity contribution in [3.8, 4) is 5.75 Å². The van der Waals surface area contributed by atoms with E-state index in [1.54, 1.807) is 7.11 Å². The lowest BCUT2D eigenvalue weighted by atomic mass is 9.98. The molecule has 0 spiro atoms. The van der Waals surface area contributed by atoms with Crippen molar-refractivity contribution in [2.75, 3.05) is 13.7 Å². The first-order valence-electron chi connectivity index (χ1n) is 6.95. The first-order chi connectivity index (χ1) is 10.1. The van der Waals surface area contributed by atoms with Crippen LogP contribution in [0.15, 0.2) is 51.4 Å². The van der Waals surface area contributed by atoms with Crippen molar-refractivity contribution in [2.45, 2.75) is 19.4 Å². The molecule has 0 aliphatic carbocycles. The zero-order chi connectivity index (χ0) is 15.2. The van der Waals surface area contributed by atoms with E-state index in [-0.39, 0.29) is 6.04 Å². The van der Waals surface area contributed by atoms with Crippen molar-refractivity contribution in [1.82, 2.24) is 5.32 Å². The minimum atomic E-state index is 0.274. The average molecular weight is 413 g/mol. The fourth-order valence-electron chi connectivity index (χ4n) is 2.33. The van der Waals surface area contributed by atoms with Crippen molar-refractivity contribution < 1.29 is 4.74 Å². The van der Waals surface area contributed by atoms with Crippen LogP contribution in [0.25, 0.3) is 0 Å². The minimum absolute atomic E-state index is 0.274. The topological polar surface area (TPSA) is 21.3 Å². The molecule has 1 N–H and O–H groups in total. The van der Waals surface area contributed by atoms with Gasteiger partial charge in [0.1, 0.15) is 5.75 Å². The molecule has 0 saturated carbocycles. The van der Waals surface area contributed by atoms with Crippen molar-refractivity contribution in [1.29, 1.82) is 0 Å². The fourth-order valence-corrected chi connectivity index (χ4v) is 3.16. The maximum atomic E-state index is 5.33. The fraction of sp³-hybridized carbons (Fsp3) is 0.294. The lowest BCUT2D eigenvalue weighted by Gasteiger charge is -2.20. The third-order valence-electron chi connectivity index (χ3n) is 3.38. The van der Waals surface area contributed by atoms with Crippen molar-refractivity contribution >= 4 is 31.9 Å². The molecule has 1 atom stereocenters. The second-order valence-electron chi connectivity index (χ2n) is 4.83. The third kappa shape index (κ3) is 4.56. The molecule has 0 fully saturated rings. The van der Waals surface area contributed by atoms with E-state index in [0.29, 0.717) is 0 Å². The highest BCUT2D eigenvalue weighted by Gasteiger charge is 2.14. The highest BCUT2D eigenvalue weighted by atomic mass is 79.9. The molecule has 0 saturated heterocycles. The molecule has 0 bridgehead atoms. The van der Waals surface area contributed by atoms with Crippen LogP contribution in [0.2, 0.25) is 0 Å². The van der Waals surface area contributed by atoms with E-state index in [0.717, 1.165) is 27.7 Å². The second kappa shape index (κ2) is 7.97. The summed E-state index contributed by atoms with van der Waals surface area (Å²) in [5.41, 5.74) is 2.52. The Bertz CT molecular complexity index is 601. The monoisotopic (exact) mass is 411 g/mol. The Labute approximate surface area is 143 Å². The van der Waals surface area contributed by atoms with Gasteiger partial charge in [0.2, 0.25) is 0 Å². The van der Waals surface area contributed by atoms with Crippen LogP contribution in [0.3, 0.4) is 0 Å². The summed E-state index contributed by atoms with van der Waals surface area (Å²) < 4.78 is 7.54. The molecule has 21 heavy (non-hydrogen) atoms. The van der Waals surface area contributed by atoms with Crippen LogP contribution >= 0.6 is 31.9 Å². The predicted molar refractivity (Wildman–Crippen MR) is 95.0 cm³/mol. The van der Waals surface area contributed by atoms with E-state index >= 15 is 0 Å². The molecule has 112 valence electrons. The van der Waals surface area contributed by atoms with Crippen LogP contribution in [-0.4, -0.2) is 13.7 Å². The van der Waals surface area contributed by atoms with Gasteiger partial charge in [-0.15, -0.1) is 0 Å². The maximum absolute atomic E-state index is 5.33. The predicted octanol–water partition coefficient (Wildman–Crippen LogP) is 5.11. The van der Waals surface area contributed by atoms with Crippen molar-refractivity contribution in [3.05, 3.63) is 62.5 Å². The van der Waals surface area contributed by atoms with Gasteiger partial charge in [-0.1, -0.05) is 50.9 Å². The van der Waals surface area contributed by atoms with Gasteiger partial charge >= 0.3 is 0 Å². The minimum Gasteiger partial charge on any atom is -0.497 e. The van der Waals surface area contributed by atoms with Gasteiger partial charge in [0.25, 0.3) is 0 Å². The van der Waals surface area contributed by atoms with Gasteiger partial charge in [0.05, 0.1) is 7.11 Å². The molecule has 0 aliphatic rings. The van der Waals surface area contributed by atoms with Crippen LogP contribution in [0.4, 0.5) is 0 Å². The summed E-state index contributed by atoms with van der Waals surface area (Å²) in [6, 6.07) is 14.8. The zero-order valence-corrected chi connectivity index (χ0v) is 15.4. The van der Waals surface area contributed by atoms with Crippen LogP contribution in [0, 0.1) is 0 Å². The summed E-state index contributed by atoms with van der Waals surface area (Å²) in [6.45, 7) is 3.06. The zero-order valence-electron chi connectivity index (χ0n) is 12.2. The van der Waals surface area contributed by atoms with Gasteiger partial charge in [0.15, 0.2) is 0 Å². The van der Waals surface area contributed by atoms with Crippen LogP contribution < -0.4 is 10.1 Å². The number of nitrogens with one attached hydrogen (secondary N) is 1. The molecule has 0 aromatic heterocycles. The van der Waals surface area contributed by atoms with Gasteiger partial charge in [-0.2, -0.15) is 0 Å². The first-order valence-corrected chi connectivity index (χ1v) is 8.54. The van der Waals surface area contributed by atoms with Gasteiger partial charge in [-0.3, -0.25) is 0 Å². The summed E-state index contributed by atoms with van der Waals surface area (Å²) in [5, 5.41) is 3.56. The molecule has 0 amide bonds. The van der Waals surface area contributed by atoms with E-state index in [2.05, 4.69) is 68.4 Å². The maximum Gasteiger partial charge on any atom is 0.119 e. The number of halogens is 2. The molecular formula is C17H19Br2NO. The molecule has 1 unspecified atom stereocenters. The summed E-state index contributed by atoms with van der Waals surface area (Å²) in [5.74, 6) is 0.887. The van der Waals surface area contributed by atoms with Gasteiger partial charge in [-0.25, -0.2) is 0 Å². The number of hydrogen-bond acceptors (Lipinski definition) is 2. The molecule has 0 radical (unpaired) electrons. The Kier molecular flexibility index (Phi) is 6.27.